The average Bonchev–Trinajstić information content (AvgIpc) is 3.09. The van der Waals surface area contributed by atoms with E-state index in [1.165, 1.54) is 23.9 Å². The minimum Gasteiger partial charge on any atom is -0.295 e. The van der Waals surface area contributed by atoms with Gasteiger partial charge in [-0.05, 0) is 43.3 Å². The van der Waals surface area contributed by atoms with Gasteiger partial charge in [-0.25, -0.2) is 13.1 Å². The molecule has 6 heteroatoms. The summed E-state index contributed by atoms with van der Waals surface area (Å²) >= 11 is 1.67. The minimum absolute atomic E-state index is 0.0422. The molecule has 0 saturated heterocycles. The average molecular weight is 335 g/mol. The number of sulfonamides is 1. The molecule has 0 bridgehead atoms. The molecule has 3 rings (SSSR count). The third kappa shape index (κ3) is 2.99. The Hall–Kier alpha value is -1.50. The van der Waals surface area contributed by atoms with Crippen LogP contribution in [0.5, 0.6) is 0 Å². The van der Waals surface area contributed by atoms with Gasteiger partial charge in [0, 0.05) is 22.4 Å². The molecular weight excluding hydrogens is 318 g/mol. The Balaban J connectivity index is 1.77. The summed E-state index contributed by atoms with van der Waals surface area (Å²) in [5.74, 6) is -0.144. The summed E-state index contributed by atoms with van der Waals surface area (Å²) in [6, 6.07) is 10.2. The summed E-state index contributed by atoms with van der Waals surface area (Å²) in [6.45, 7) is 1.83. The fourth-order valence-corrected chi connectivity index (χ4v) is 4.60. The van der Waals surface area contributed by atoms with E-state index in [1.807, 2.05) is 11.4 Å². The molecule has 0 atom stereocenters. The summed E-state index contributed by atoms with van der Waals surface area (Å²) in [6.07, 6.45) is 2.01. The molecule has 1 N–H and O–H groups in total. The maximum absolute atomic E-state index is 12.4. The first-order valence-corrected chi connectivity index (χ1v) is 9.44. The van der Waals surface area contributed by atoms with Crippen molar-refractivity contribution in [1.29, 1.82) is 0 Å². The highest BCUT2D eigenvalue weighted by atomic mass is 32.2. The predicted molar refractivity (Wildman–Crippen MR) is 86.9 cm³/mol. The van der Waals surface area contributed by atoms with E-state index in [4.69, 9.17) is 0 Å². The van der Waals surface area contributed by atoms with Crippen LogP contribution in [0.25, 0.3) is 0 Å². The highest BCUT2D eigenvalue weighted by molar-refractivity contribution is 7.89. The van der Waals surface area contributed by atoms with E-state index in [9.17, 15) is 13.2 Å². The summed E-state index contributed by atoms with van der Waals surface area (Å²) in [4.78, 5) is 12.8. The Kier molecular flexibility index (Phi) is 3.92. The van der Waals surface area contributed by atoms with Gasteiger partial charge in [-0.2, -0.15) is 0 Å². The molecule has 1 saturated carbocycles. The van der Waals surface area contributed by atoms with Crippen molar-refractivity contribution < 1.29 is 13.2 Å². The van der Waals surface area contributed by atoms with E-state index >= 15 is 0 Å². The van der Waals surface area contributed by atoms with Crippen molar-refractivity contribution in [3.63, 3.8) is 0 Å². The molecule has 22 heavy (non-hydrogen) atoms. The van der Waals surface area contributed by atoms with Crippen LogP contribution in [-0.4, -0.2) is 20.7 Å². The Labute approximate surface area is 134 Å². The van der Waals surface area contributed by atoms with Crippen LogP contribution in [0.1, 0.15) is 35.0 Å². The maximum Gasteiger partial charge on any atom is 0.240 e. The number of carbonyl (C=O) groups is 1. The highest BCUT2D eigenvalue weighted by Crippen LogP contribution is 2.49. The molecule has 1 aliphatic rings. The molecule has 116 valence electrons. The Bertz CT molecular complexity index is 791. The van der Waals surface area contributed by atoms with Crippen LogP contribution < -0.4 is 4.72 Å². The predicted octanol–water partition coefficient (Wildman–Crippen LogP) is 2.96. The number of hydrogen-bond acceptors (Lipinski definition) is 4. The molecule has 4 nitrogen and oxygen atoms in total. The van der Waals surface area contributed by atoms with Gasteiger partial charge in [0.05, 0.1) is 4.90 Å². The van der Waals surface area contributed by atoms with Gasteiger partial charge in [0.2, 0.25) is 10.0 Å². The topological polar surface area (TPSA) is 63.2 Å². The molecular formula is C16H17NO3S2. The first-order chi connectivity index (χ1) is 10.4. The van der Waals surface area contributed by atoms with Crippen LogP contribution in [0.3, 0.4) is 0 Å². The number of hydrogen-bond donors (Lipinski definition) is 1. The van der Waals surface area contributed by atoms with Crippen LogP contribution in [0.15, 0.2) is 46.7 Å². The number of ketones is 1. The summed E-state index contributed by atoms with van der Waals surface area (Å²) in [7, 11) is -3.60. The van der Waals surface area contributed by atoms with Crippen molar-refractivity contribution in [1.82, 2.24) is 4.72 Å². The van der Waals surface area contributed by atoms with E-state index in [0.29, 0.717) is 12.1 Å². The second kappa shape index (κ2) is 5.61. The monoisotopic (exact) mass is 335 g/mol. The third-order valence-corrected chi connectivity index (χ3v) is 6.56. The van der Waals surface area contributed by atoms with Crippen molar-refractivity contribution in [3.8, 4) is 0 Å². The van der Waals surface area contributed by atoms with Crippen molar-refractivity contribution >= 4 is 27.1 Å². The quantitative estimate of drug-likeness (QED) is 0.826. The van der Waals surface area contributed by atoms with Crippen LogP contribution in [0.2, 0.25) is 0 Å². The van der Waals surface area contributed by atoms with Gasteiger partial charge in [-0.1, -0.05) is 18.2 Å². The number of benzene rings is 1. The first kappa shape index (κ1) is 15.4. The van der Waals surface area contributed by atoms with Crippen molar-refractivity contribution in [3.05, 3.63) is 52.2 Å². The lowest BCUT2D eigenvalue weighted by Gasteiger charge is -2.15. The number of Topliss-reactive ketones (excluding diaryl/α,β-unsaturated/α-hetero) is 1. The second-order valence-electron chi connectivity index (χ2n) is 5.67. The molecule has 1 aliphatic carbocycles. The molecule has 0 amide bonds. The molecule has 1 aromatic carbocycles. The molecule has 2 aromatic rings. The molecule has 1 heterocycles. The van der Waals surface area contributed by atoms with E-state index in [2.05, 4.69) is 10.8 Å². The molecule has 0 radical (unpaired) electrons. The molecule has 0 spiro atoms. The molecule has 0 aliphatic heterocycles. The van der Waals surface area contributed by atoms with Crippen LogP contribution in [0.4, 0.5) is 0 Å². The fourth-order valence-electron chi connectivity index (χ4n) is 2.44. The van der Waals surface area contributed by atoms with Gasteiger partial charge < -0.3 is 0 Å². The van der Waals surface area contributed by atoms with Gasteiger partial charge in [0.25, 0.3) is 0 Å². The van der Waals surface area contributed by atoms with Crippen LogP contribution >= 0.6 is 11.3 Å². The van der Waals surface area contributed by atoms with Crippen molar-refractivity contribution in [2.45, 2.75) is 30.1 Å². The lowest BCUT2D eigenvalue weighted by molar-refractivity contribution is 0.101. The lowest BCUT2D eigenvalue weighted by atomic mass is 10.1. The maximum atomic E-state index is 12.4. The largest absolute Gasteiger partial charge is 0.295 e. The minimum atomic E-state index is -3.60. The zero-order valence-electron chi connectivity index (χ0n) is 12.2. The van der Waals surface area contributed by atoms with Gasteiger partial charge in [0.1, 0.15) is 0 Å². The van der Waals surface area contributed by atoms with Crippen molar-refractivity contribution in [2.75, 3.05) is 6.54 Å². The number of thiophene rings is 1. The molecule has 1 aromatic heterocycles. The van der Waals surface area contributed by atoms with E-state index in [0.717, 1.165) is 12.8 Å². The lowest BCUT2D eigenvalue weighted by Crippen LogP contribution is -2.32. The van der Waals surface area contributed by atoms with E-state index in [1.54, 1.807) is 23.5 Å². The fraction of sp³-hybridized carbons (Fsp3) is 0.312. The third-order valence-electron chi connectivity index (χ3n) is 4.05. The second-order valence-corrected chi connectivity index (χ2v) is 8.38. The Morgan fingerprint density at radius 2 is 2.05 bits per heavy atom. The van der Waals surface area contributed by atoms with Crippen LogP contribution in [-0.2, 0) is 15.4 Å². The van der Waals surface area contributed by atoms with Gasteiger partial charge in [-0.3, -0.25) is 4.79 Å². The normalized spacial score (nSPS) is 16.4. The first-order valence-electron chi connectivity index (χ1n) is 7.08. The summed E-state index contributed by atoms with van der Waals surface area (Å²) in [5, 5.41) is 2.01. The van der Waals surface area contributed by atoms with E-state index < -0.39 is 10.0 Å². The summed E-state index contributed by atoms with van der Waals surface area (Å²) in [5.41, 5.74) is 0.363. The number of nitrogens with one attached hydrogen (secondary N) is 1. The molecule has 0 unspecified atom stereocenters. The number of carbonyl (C=O) groups excluding carboxylic acids is 1. The van der Waals surface area contributed by atoms with Gasteiger partial charge >= 0.3 is 0 Å². The molecule has 1 fully saturated rings. The summed E-state index contributed by atoms with van der Waals surface area (Å²) < 4.78 is 27.6. The van der Waals surface area contributed by atoms with E-state index in [-0.39, 0.29) is 16.1 Å². The zero-order chi connectivity index (χ0) is 15.8. The number of rotatable bonds is 6. The van der Waals surface area contributed by atoms with Crippen molar-refractivity contribution in [2.24, 2.45) is 0 Å². The van der Waals surface area contributed by atoms with Gasteiger partial charge in [-0.15, -0.1) is 11.3 Å². The smallest absolute Gasteiger partial charge is 0.240 e. The zero-order valence-corrected chi connectivity index (χ0v) is 13.8. The van der Waals surface area contributed by atoms with Crippen LogP contribution in [0, 0.1) is 0 Å². The SMILES string of the molecule is CC(=O)c1cccc(S(=O)(=O)NCC2(c3cccs3)CC2)c1. The standard InChI is InChI=1S/C16H17NO3S2/c1-12(18)13-4-2-5-14(10-13)22(19,20)17-11-16(7-8-16)15-6-3-9-21-15/h2-6,9-10,17H,7-8,11H2,1H3. The van der Waals surface area contributed by atoms with Gasteiger partial charge in [0.15, 0.2) is 5.78 Å². The Morgan fingerprint density at radius 1 is 1.27 bits per heavy atom. The Morgan fingerprint density at radius 3 is 2.64 bits per heavy atom. The highest BCUT2D eigenvalue weighted by Gasteiger charge is 2.45.